The molecule has 1 unspecified atom stereocenters. The molecule has 1 aliphatic heterocycles. The van der Waals surface area contributed by atoms with E-state index in [1.54, 1.807) is 0 Å². The van der Waals surface area contributed by atoms with E-state index in [4.69, 9.17) is 4.74 Å². The fourth-order valence-electron chi connectivity index (χ4n) is 3.45. The summed E-state index contributed by atoms with van der Waals surface area (Å²) < 4.78 is 5.42. The zero-order chi connectivity index (χ0) is 11.1. The SMILES string of the molecule is CC1(C)CC(C(=O)O)(C2CCCOC2)C1. The molecule has 1 atom stereocenters. The number of carbonyl (C=O) groups is 1. The van der Waals surface area contributed by atoms with Gasteiger partial charge in [-0.05, 0) is 37.0 Å². The van der Waals surface area contributed by atoms with Crippen molar-refractivity contribution in [1.82, 2.24) is 0 Å². The van der Waals surface area contributed by atoms with E-state index in [0.29, 0.717) is 6.61 Å². The molecule has 1 heterocycles. The Morgan fingerprint density at radius 2 is 2.07 bits per heavy atom. The van der Waals surface area contributed by atoms with Crippen LogP contribution in [0.25, 0.3) is 0 Å². The van der Waals surface area contributed by atoms with E-state index >= 15 is 0 Å². The van der Waals surface area contributed by atoms with Gasteiger partial charge in [-0.15, -0.1) is 0 Å². The van der Waals surface area contributed by atoms with Gasteiger partial charge in [0.05, 0.1) is 12.0 Å². The molecule has 2 rings (SSSR count). The molecule has 3 nitrogen and oxygen atoms in total. The summed E-state index contributed by atoms with van der Waals surface area (Å²) in [6, 6.07) is 0. The van der Waals surface area contributed by atoms with Gasteiger partial charge in [-0.1, -0.05) is 13.8 Å². The van der Waals surface area contributed by atoms with E-state index in [0.717, 1.165) is 32.3 Å². The Morgan fingerprint density at radius 3 is 2.47 bits per heavy atom. The Hall–Kier alpha value is -0.570. The zero-order valence-corrected chi connectivity index (χ0v) is 9.58. The summed E-state index contributed by atoms with van der Waals surface area (Å²) in [5.41, 5.74) is -0.278. The second-order valence-corrected chi connectivity index (χ2v) is 5.89. The van der Waals surface area contributed by atoms with Crippen LogP contribution in [0.1, 0.15) is 39.5 Å². The predicted octanol–water partition coefficient (Wildman–Crippen LogP) is 2.30. The van der Waals surface area contributed by atoms with Crippen LogP contribution in [0, 0.1) is 16.7 Å². The fourth-order valence-corrected chi connectivity index (χ4v) is 3.45. The maximum atomic E-state index is 11.4. The quantitative estimate of drug-likeness (QED) is 0.764. The maximum Gasteiger partial charge on any atom is 0.310 e. The van der Waals surface area contributed by atoms with Gasteiger partial charge < -0.3 is 9.84 Å². The summed E-state index contributed by atoms with van der Waals surface area (Å²) >= 11 is 0. The first-order valence-corrected chi connectivity index (χ1v) is 5.77. The highest BCUT2D eigenvalue weighted by molar-refractivity contribution is 5.76. The molecule has 1 aliphatic carbocycles. The van der Waals surface area contributed by atoms with Crippen molar-refractivity contribution in [3.05, 3.63) is 0 Å². The van der Waals surface area contributed by atoms with E-state index in [-0.39, 0.29) is 11.3 Å². The number of hydrogen-bond donors (Lipinski definition) is 1. The number of ether oxygens (including phenoxy) is 1. The average Bonchev–Trinajstić information content (AvgIpc) is 2.14. The van der Waals surface area contributed by atoms with Gasteiger partial charge in [0.25, 0.3) is 0 Å². The molecular weight excluding hydrogens is 192 g/mol. The van der Waals surface area contributed by atoms with Gasteiger partial charge in [0.2, 0.25) is 0 Å². The minimum atomic E-state index is -0.614. The lowest BCUT2D eigenvalue weighted by Crippen LogP contribution is -2.55. The first-order chi connectivity index (χ1) is 6.96. The Morgan fingerprint density at radius 1 is 1.40 bits per heavy atom. The number of rotatable bonds is 2. The molecule has 0 aromatic rings. The van der Waals surface area contributed by atoms with E-state index < -0.39 is 11.4 Å². The average molecular weight is 212 g/mol. The molecule has 0 radical (unpaired) electrons. The first-order valence-electron chi connectivity index (χ1n) is 5.77. The Kier molecular flexibility index (Phi) is 2.53. The summed E-state index contributed by atoms with van der Waals surface area (Å²) in [7, 11) is 0. The van der Waals surface area contributed by atoms with Crippen LogP contribution in [0.4, 0.5) is 0 Å². The fraction of sp³-hybridized carbons (Fsp3) is 0.917. The number of hydrogen-bond acceptors (Lipinski definition) is 2. The van der Waals surface area contributed by atoms with Crippen molar-refractivity contribution in [2.24, 2.45) is 16.7 Å². The summed E-state index contributed by atoms with van der Waals surface area (Å²) in [5, 5.41) is 9.41. The number of aliphatic carboxylic acids is 1. The topological polar surface area (TPSA) is 46.5 Å². The third-order valence-electron chi connectivity index (χ3n) is 3.96. The second kappa shape index (κ2) is 3.48. The van der Waals surface area contributed by atoms with Gasteiger partial charge in [-0.2, -0.15) is 0 Å². The molecule has 2 fully saturated rings. The van der Waals surface area contributed by atoms with Crippen LogP contribution in [0.2, 0.25) is 0 Å². The smallest absolute Gasteiger partial charge is 0.310 e. The zero-order valence-electron chi connectivity index (χ0n) is 9.58. The molecule has 1 saturated carbocycles. The van der Waals surface area contributed by atoms with Crippen molar-refractivity contribution in [1.29, 1.82) is 0 Å². The Labute approximate surface area is 90.8 Å². The molecule has 1 N–H and O–H groups in total. The lowest BCUT2D eigenvalue weighted by molar-refractivity contribution is -0.179. The molecule has 0 amide bonds. The molecule has 0 aromatic heterocycles. The highest BCUT2D eigenvalue weighted by Crippen LogP contribution is 2.59. The van der Waals surface area contributed by atoms with Gasteiger partial charge in [-0.3, -0.25) is 4.79 Å². The number of carboxylic acid groups (broad SMARTS) is 1. The van der Waals surface area contributed by atoms with Crippen molar-refractivity contribution >= 4 is 5.97 Å². The Balaban J connectivity index is 2.10. The molecular formula is C12H20O3. The standard InChI is InChI=1S/C12H20O3/c1-11(2)7-12(8-11,10(13)14)9-4-3-5-15-6-9/h9H,3-8H2,1-2H3,(H,13,14). The lowest BCUT2D eigenvalue weighted by atomic mass is 9.49. The largest absolute Gasteiger partial charge is 0.481 e. The van der Waals surface area contributed by atoms with Crippen LogP contribution in [0.15, 0.2) is 0 Å². The lowest BCUT2D eigenvalue weighted by Gasteiger charge is -2.54. The van der Waals surface area contributed by atoms with E-state index in [9.17, 15) is 9.90 Å². The normalized spacial score (nSPS) is 33.1. The molecule has 2 aliphatic rings. The predicted molar refractivity (Wildman–Crippen MR) is 56.6 cm³/mol. The van der Waals surface area contributed by atoms with Crippen molar-refractivity contribution in [3.63, 3.8) is 0 Å². The van der Waals surface area contributed by atoms with Crippen LogP contribution < -0.4 is 0 Å². The van der Waals surface area contributed by atoms with E-state index in [2.05, 4.69) is 13.8 Å². The first kappa shape index (κ1) is 10.9. The molecule has 0 bridgehead atoms. The van der Waals surface area contributed by atoms with Gasteiger partial charge in [0.15, 0.2) is 0 Å². The van der Waals surface area contributed by atoms with Gasteiger partial charge >= 0.3 is 5.97 Å². The molecule has 0 aromatic carbocycles. The van der Waals surface area contributed by atoms with E-state index in [1.165, 1.54) is 0 Å². The van der Waals surface area contributed by atoms with Crippen LogP contribution in [-0.2, 0) is 9.53 Å². The molecule has 1 saturated heterocycles. The van der Waals surface area contributed by atoms with Crippen LogP contribution in [-0.4, -0.2) is 24.3 Å². The highest BCUT2D eigenvalue weighted by Gasteiger charge is 2.58. The molecule has 15 heavy (non-hydrogen) atoms. The summed E-state index contributed by atoms with van der Waals surface area (Å²) in [5.74, 6) is -0.380. The van der Waals surface area contributed by atoms with E-state index in [1.807, 2.05) is 0 Å². The summed E-state index contributed by atoms with van der Waals surface area (Å²) in [6.07, 6.45) is 3.65. The van der Waals surface area contributed by atoms with Gasteiger partial charge in [0.1, 0.15) is 0 Å². The third kappa shape index (κ3) is 1.78. The van der Waals surface area contributed by atoms with Crippen LogP contribution in [0.5, 0.6) is 0 Å². The minimum absolute atomic E-state index is 0.204. The van der Waals surface area contributed by atoms with Crippen molar-refractivity contribution in [2.75, 3.05) is 13.2 Å². The van der Waals surface area contributed by atoms with Crippen molar-refractivity contribution in [2.45, 2.75) is 39.5 Å². The van der Waals surface area contributed by atoms with Crippen molar-refractivity contribution < 1.29 is 14.6 Å². The van der Waals surface area contributed by atoms with Gasteiger partial charge in [-0.25, -0.2) is 0 Å². The third-order valence-corrected chi connectivity index (χ3v) is 3.96. The minimum Gasteiger partial charge on any atom is -0.481 e. The highest BCUT2D eigenvalue weighted by atomic mass is 16.5. The van der Waals surface area contributed by atoms with Crippen molar-refractivity contribution in [3.8, 4) is 0 Å². The maximum absolute atomic E-state index is 11.4. The second-order valence-electron chi connectivity index (χ2n) is 5.89. The van der Waals surface area contributed by atoms with Gasteiger partial charge in [0, 0.05) is 6.61 Å². The monoisotopic (exact) mass is 212 g/mol. The number of carboxylic acids is 1. The summed E-state index contributed by atoms with van der Waals surface area (Å²) in [4.78, 5) is 11.4. The molecule has 0 spiro atoms. The van der Waals surface area contributed by atoms with Crippen LogP contribution >= 0.6 is 0 Å². The summed E-state index contributed by atoms with van der Waals surface area (Å²) in [6.45, 7) is 5.74. The van der Waals surface area contributed by atoms with Crippen LogP contribution in [0.3, 0.4) is 0 Å². The molecule has 86 valence electrons. The molecule has 3 heteroatoms. The Bertz CT molecular complexity index is 256.